The maximum atomic E-state index is 11.6. The summed E-state index contributed by atoms with van der Waals surface area (Å²) in [4.78, 5) is 11.6. The van der Waals surface area contributed by atoms with E-state index >= 15 is 0 Å². The number of benzene rings is 1. The number of carbonyl (C=O) groups excluding carboxylic acids is 1. The van der Waals surface area contributed by atoms with E-state index in [1.165, 1.54) is 0 Å². The topological polar surface area (TPSA) is 90.4 Å². The number of nitrogens with zero attached hydrogens (tertiary/aromatic N) is 1. The SMILES string of the molecule is Cc1cc(C(=O)NCCOc2cccc(N)c2)no1. The van der Waals surface area contributed by atoms with Crippen molar-refractivity contribution in [3.63, 3.8) is 0 Å². The average Bonchev–Trinajstić information content (AvgIpc) is 2.81. The lowest BCUT2D eigenvalue weighted by Crippen LogP contribution is -2.28. The molecular weight excluding hydrogens is 246 g/mol. The van der Waals surface area contributed by atoms with E-state index < -0.39 is 0 Å². The van der Waals surface area contributed by atoms with Crippen LogP contribution in [-0.2, 0) is 0 Å². The summed E-state index contributed by atoms with van der Waals surface area (Å²) in [6.07, 6.45) is 0. The van der Waals surface area contributed by atoms with Crippen LogP contribution in [-0.4, -0.2) is 24.2 Å². The number of rotatable bonds is 5. The van der Waals surface area contributed by atoms with E-state index in [9.17, 15) is 4.79 Å². The van der Waals surface area contributed by atoms with Crippen molar-refractivity contribution in [2.24, 2.45) is 0 Å². The number of aryl methyl sites for hydroxylation is 1. The molecule has 0 spiro atoms. The fourth-order valence-electron chi connectivity index (χ4n) is 1.50. The summed E-state index contributed by atoms with van der Waals surface area (Å²) in [5.41, 5.74) is 6.52. The first kappa shape index (κ1) is 12.9. The largest absolute Gasteiger partial charge is 0.492 e. The zero-order chi connectivity index (χ0) is 13.7. The van der Waals surface area contributed by atoms with Crippen LogP contribution >= 0.6 is 0 Å². The summed E-state index contributed by atoms with van der Waals surface area (Å²) < 4.78 is 10.3. The number of hydrogen-bond acceptors (Lipinski definition) is 5. The van der Waals surface area contributed by atoms with Gasteiger partial charge < -0.3 is 20.3 Å². The highest BCUT2D eigenvalue weighted by Gasteiger charge is 2.09. The molecule has 6 heteroatoms. The molecule has 0 radical (unpaired) electrons. The molecule has 6 nitrogen and oxygen atoms in total. The molecule has 2 rings (SSSR count). The zero-order valence-corrected chi connectivity index (χ0v) is 10.6. The van der Waals surface area contributed by atoms with Crippen molar-refractivity contribution >= 4 is 11.6 Å². The third-order valence-corrected chi connectivity index (χ3v) is 2.38. The predicted octanol–water partition coefficient (Wildman–Crippen LogP) is 1.37. The Morgan fingerprint density at radius 2 is 2.32 bits per heavy atom. The fourth-order valence-corrected chi connectivity index (χ4v) is 1.50. The van der Waals surface area contributed by atoms with E-state index in [1.807, 2.05) is 0 Å². The second kappa shape index (κ2) is 5.90. The summed E-state index contributed by atoms with van der Waals surface area (Å²) in [5, 5.41) is 6.30. The van der Waals surface area contributed by atoms with Crippen LogP contribution < -0.4 is 15.8 Å². The molecule has 0 aliphatic carbocycles. The molecule has 1 amide bonds. The molecule has 3 N–H and O–H groups in total. The molecule has 0 saturated heterocycles. The number of amides is 1. The molecule has 1 aromatic heterocycles. The predicted molar refractivity (Wildman–Crippen MR) is 69.9 cm³/mol. The van der Waals surface area contributed by atoms with Gasteiger partial charge in [0.2, 0.25) is 0 Å². The third kappa shape index (κ3) is 3.74. The Kier molecular flexibility index (Phi) is 4.02. The summed E-state index contributed by atoms with van der Waals surface area (Å²) >= 11 is 0. The van der Waals surface area contributed by atoms with Crippen LogP contribution in [0.4, 0.5) is 5.69 Å². The Labute approximate surface area is 110 Å². The maximum Gasteiger partial charge on any atom is 0.273 e. The molecule has 0 aliphatic heterocycles. The van der Waals surface area contributed by atoms with Gasteiger partial charge in [-0.3, -0.25) is 4.79 Å². The highest BCUT2D eigenvalue weighted by Crippen LogP contribution is 2.13. The van der Waals surface area contributed by atoms with Gasteiger partial charge in [0.05, 0.1) is 6.54 Å². The van der Waals surface area contributed by atoms with Crippen molar-refractivity contribution in [2.75, 3.05) is 18.9 Å². The Bertz CT molecular complexity index is 566. The molecule has 19 heavy (non-hydrogen) atoms. The van der Waals surface area contributed by atoms with E-state index in [0.29, 0.717) is 30.3 Å². The van der Waals surface area contributed by atoms with Crippen molar-refractivity contribution in [2.45, 2.75) is 6.92 Å². The minimum atomic E-state index is -0.284. The van der Waals surface area contributed by atoms with Crippen LogP contribution in [0.1, 0.15) is 16.2 Å². The number of nitrogen functional groups attached to an aromatic ring is 1. The molecule has 0 fully saturated rings. The zero-order valence-electron chi connectivity index (χ0n) is 10.6. The van der Waals surface area contributed by atoms with Crippen LogP contribution in [0, 0.1) is 6.92 Å². The van der Waals surface area contributed by atoms with Crippen LogP contribution in [0.2, 0.25) is 0 Å². The summed E-state index contributed by atoms with van der Waals surface area (Å²) in [6.45, 7) is 2.46. The lowest BCUT2D eigenvalue weighted by atomic mass is 10.3. The van der Waals surface area contributed by atoms with E-state index in [0.717, 1.165) is 0 Å². The van der Waals surface area contributed by atoms with Crippen molar-refractivity contribution in [3.05, 3.63) is 41.8 Å². The van der Waals surface area contributed by atoms with Crippen LogP contribution in [0.3, 0.4) is 0 Å². The van der Waals surface area contributed by atoms with E-state index in [2.05, 4.69) is 10.5 Å². The van der Waals surface area contributed by atoms with Gasteiger partial charge in [0, 0.05) is 17.8 Å². The van der Waals surface area contributed by atoms with Gasteiger partial charge in [-0.05, 0) is 19.1 Å². The number of nitrogens with two attached hydrogens (primary N) is 1. The Balaban J connectivity index is 1.74. The molecule has 0 bridgehead atoms. The normalized spacial score (nSPS) is 10.2. The van der Waals surface area contributed by atoms with Gasteiger partial charge in [-0.2, -0.15) is 0 Å². The molecular formula is C13H15N3O3. The molecule has 2 aromatic rings. The lowest BCUT2D eigenvalue weighted by molar-refractivity contribution is 0.0938. The van der Waals surface area contributed by atoms with Gasteiger partial charge in [0.1, 0.15) is 18.1 Å². The van der Waals surface area contributed by atoms with Crippen molar-refractivity contribution < 1.29 is 14.1 Å². The maximum absolute atomic E-state index is 11.6. The first-order valence-electron chi connectivity index (χ1n) is 5.85. The fraction of sp³-hybridized carbons (Fsp3) is 0.231. The summed E-state index contributed by atoms with van der Waals surface area (Å²) in [7, 11) is 0. The number of hydrogen-bond donors (Lipinski definition) is 2. The minimum Gasteiger partial charge on any atom is -0.492 e. The molecule has 100 valence electrons. The van der Waals surface area contributed by atoms with Gasteiger partial charge in [-0.1, -0.05) is 11.2 Å². The lowest BCUT2D eigenvalue weighted by Gasteiger charge is -2.07. The highest BCUT2D eigenvalue weighted by atomic mass is 16.5. The Morgan fingerprint density at radius 3 is 3.00 bits per heavy atom. The number of ether oxygens (including phenoxy) is 1. The average molecular weight is 261 g/mol. The quantitative estimate of drug-likeness (QED) is 0.626. The molecule has 0 saturated carbocycles. The van der Waals surface area contributed by atoms with Gasteiger partial charge in [-0.25, -0.2) is 0 Å². The Hall–Kier alpha value is -2.50. The molecule has 0 unspecified atom stereocenters. The second-order valence-corrected chi connectivity index (χ2v) is 4.00. The summed E-state index contributed by atoms with van der Waals surface area (Å²) in [5.74, 6) is 0.987. The van der Waals surface area contributed by atoms with Crippen molar-refractivity contribution in [3.8, 4) is 5.75 Å². The van der Waals surface area contributed by atoms with Gasteiger partial charge in [-0.15, -0.1) is 0 Å². The number of carbonyl (C=O) groups is 1. The third-order valence-electron chi connectivity index (χ3n) is 2.38. The molecule has 1 aromatic carbocycles. The number of aromatic nitrogens is 1. The van der Waals surface area contributed by atoms with Crippen molar-refractivity contribution in [1.29, 1.82) is 0 Å². The molecule has 1 heterocycles. The number of nitrogens with one attached hydrogen (secondary N) is 1. The van der Waals surface area contributed by atoms with Gasteiger partial charge >= 0.3 is 0 Å². The first-order chi connectivity index (χ1) is 9.15. The van der Waals surface area contributed by atoms with E-state index in [1.54, 1.807) is 37.3 Å². The molecule has 0 aliphatic rings. The van der Waals surface area contributed by atoms with E-state index in [-0.39, 0.29) is 11.6 Å². The summed E-state index contributed by atoms with van der Waals surface area (Å²) in [6, 6.07) is 8.69. The van der Waals surface area contributed by atoms with Gasteiger partial charge in [0.15, 0.2) is 5.69 Å². The monoisotopic (exact) mass is 261 g/mol. The van der Waals surface area contributed by atoms with Gasteiger partial charge in [0.25, 0.3) is 5.91 Å². The smallest absolute Gasteiger partial charge is 0.273 e. The highest BCUT2D eigenvalue weighted by molar-refractivity contribution is 5.92. The minimum absolute atomic E-state index is 0.265. The standard InChI is InChI=1S/C13H15N3O3/c1-9-7-12(16-19-9)13(17)15-5-6-18-11-4-2-3-10(14)8-11/h2-4,7-8H,5-6,14H2,1H3,(H,15,17). The number of anilines is 1. The van der Waals surface area contributed by atoms with E-state index in [4.69, 9.17) is 15.0 Å². The second-order valence-electron chi connectivity index (χ2n) is 4.00. The van der Waals surface area contributed by atoms with Crippen LogP contribution in [0.25, 0.3) is 0 Å². The Morgan fingerprint density at radius 1 is 1.47 bits per heavy atom. The van der Waals surface area contributed by atoms with Crippen LogP contribution in [0.5, 0.6) is 5.75 Å². The van der Waals surface area contributed by atoms with Crippen LogP contribution in [0.15, 0.2) is 34.9 Å². The first-order valence-corrected chi connectivity index (χ1v) is 5.85. The molecule has 0 atom stereocenters. The van der Waals surface area contributed by atoms with Crippen molar-refractivity contribution in [1.82, 2.24) is 10.5 Å².